The summed E-state index contributed by atoms with van der Waals surface area (Å²) in [5, 5.41) is 11.2. The van der Waals surface area contributed by atoms with Gasteiger partial charge in [-0.25, -0.2) is 9.78 Å². The lowest BCUT2D eigenvalue weighted by molar-refractivity contribution is -0.139. The average molecular weight is 240 g/mol. The van der Waals surface area contributed by atoms with Crippen molar-refractivity contribution in [1.29, 1.82) is 0 Å². The molecule has 1 aromatic heterocycles. The molecule has 0 bridgehead atoms. The highest BCUT2D eigenvalue weighted by Gasteiger charge is 2.19. The first-order valence-corrected chi connectivity index (χ1v) is 5.34. The molecule has 0 aliphatic carbocycles. The molecule has 0 unspecified atom stereocenters. The number of hydrogen-bond donors (Lipinski definition) is 3. The van der Waals surface area contributed by atoms with Crippen molar-refractivity contribution >= 4 is 11.9 Å². The highest BCUT2D eigenvalue weighted by Crippen LogP contribution is 1.98. The summed E-state index contributed by atoms with van der Waals surface area (Å²) in [6.07, 6.45) is 3.35. The van der Waals surface area contributed by atoms with E-state index in [1.807, 2.05) is 0 Å². The zero-order valence-electron chi connectivity index (χ0n) is 9.59. The Morgan fingerprint density at radius 1 is 1.65 bits per heavy atom. The first kappa shape index (κ1) is 13.2. The molecule has 0 fully saturated rings. The quantitative estimate of drug-likeness (QED) is 0.617. The molecule has 7 nitrogen and oxygen atoms in total. The standard InChI is InChI=1S/C10H16N4O3/c1-2-7(10(16)17)13-9(15)8-5-14(4-3-11)6-12-8/h5-7H,2-4,11H2,1H3,(H,13,15)(H,16,17)/t7-/m1/s1. The van der Waals surface area contributed by atoms with E-state index in [-0.39, 0.29) is 5.69 Å². The van der Waals surface area contributed by atoms with E-state index in [9.17, 15) is 9.59 Å². The van der Waals surface area contributed by atoms with Crippen molar-refractivity contribution < 1.29 is 14.7 Å². The molecule has 0 saturated carbocycles. The Kier molecular flexibility index (Phi) is 4.65. The van der Waals surface area contributed by atoms with E-state index in [0.717, 1.165) is 0 Å². The number of imidazole rings is 1. The van der Waals surface area contributed by atoms with Gasteiger partial charge in [0.15, 0.2) is 0 Å². The SMILES string of the molecule is CC[C@@H](NC(=O)c1cn(CCN)cn1)C(=O)O. The second-order valence-electron chi connectivity index (χ2n) is 3.56. The summed E-state index contributed by atoms with van der Waals surface area (Å²) < 4.78 is 1.68. The van der Waals surface area contributed by atoms with Gasteiger partial charge >= 0.3 is 5.97 Å². The number of rotatable bonds is 6. The van der Waals surface area contributed by atoms with Gasteiger partial charge in [0.1, 0.15) is 11.7 Å². The zero-order chi connectivity index (χ0) is 12.8. The van der Waals surface area contributed by atoms with E-state index in [2.05, 4.69) is 10.3 Å². The van der Waals surface area contributed by atoms with Crippen molar-refractivity contribution in [3.8, 4) is 0 Å². The number of carboxylic acids is 1. The van der Waals surface area contributed by atoms with Gasteiger partial charge in [-0.3, -0.25) is 4.79 Å². The first-order chi connectivity index (χ1) is 8.08. The minimum atomic E-state index is -1.05. The van der Waals surface area contributed by atoms with Crippen molar-refractivity contribution in [1.82, 2.24) is 14.9 Å². The lowest BCUT2D eigenvalue weighted by atomic mass is 10.2. The number of hydrogen-bond acceptors (Lipinski definition) is 4. The maximum Gasteiger partial charge on any atom is 0.326 e. The fraction of sp³-hybridized carbons (Fsp3) is 0.500. The molecule has 1 aromatic rings. The van der Waals surface area contributed by atoms with Crippen molar-refractivity contribution in [3.63, 3.8) is 0 Å². The third-order valence-electron chi connectivity index (χ3n) is 2.26. The molecule has 0 aliphatic rings. The zero-order valence-corrected chi connectivity index (χ0v) is 9.59. The molecule has 94 valence electrons. The molecule has 1 amide bonds. The van der Waals surface area contributed by atoms with Crippen molar-refractivity contribution in [2.45, 2.75) is 25.9 Å². The normalized spacial score (nSPS) is 12.1. The summed E-state index contributed by atoms with van der Waals surface area (Å²) in [7, 11) is 0. The third-order valence-corrected chi connectivity index (χ3v) is 2.26. The molecule has 0 radical (unpaired) electrons. The van der Waals surface area contributed by atoms with E-state index in [1.54, 1.807) is 11.5 Å². The van der Waals surface area contributed by atoms with E-state index < -0.39 is 17.9 Å². The number of amides is 1. The predicted octanol–water partition coefficient (Wildman–Crippen LogP) is -0.565. The molecule has 0 spiro atoms. The van der Waals surface area contributed by atoms with Gasteiger partial charge in [0, 0.05) is 19.3 Å². The maximum absolute atomic E-state index is 11.7. The second kappa shape index (κ2) is 6.00. The number of aliphatic carboxylic acids is 1. The Bertz CT molecular complexity index is 402. The molecule has 0 aliphatic heterocycles. The van der Waals surface area contributed by atoms with Crippen LogP contribution in [0.3, 0.4) is 0 Å². The smallest absolute Gasteiger partial charge is 0.326 e. The summed E-state index contributed by atoms with van der Waals surface area (Å²) in [5.74, 6) is -1.54. The summed E-state index contributed by atoms with van der Waals surface area (Å²) in [6.45, 7) is 2.70. The van der Waals surface area contributed by atoms with Crippen LogP contribution in [0.25, 0.3) is 0 Å². The number of nitrogens with zero attached hydrogens (tertiary/aromatic N) is 2. The maximum atomic E-state index is 11.7. The Morgan fingerprint density at radius 2 is 2.35 bits per heavy atom. The van der Waals surface area contributed by atoms with Crippen LogP contribution in [-0.4, -0.2) is 39.1 Å². The highest BCUT2D eigenvalue weighted by atomic mass is 16.4. The molecular formula is C10H16N4O3. The molecule has 1 heterocycles. The number of nitrogens with one attached hydrogen (secondary N) is 1. The van der Waals surface area contributed by atoms with Gasteiger partial charge in [-0.15, -0.1) is 0 Å². The minimum absolute atomic E-state index is 0.193. The van der Waals surface area contributed by atoms with Crippen molar-refractivity contribution in [2.24, 2.45) is 5.73 Å². The fourth-order valence-corrected chi connectivity index (χ4v) is 1.32. The molecule has 0 aromatic carbocycles. The largest absolute Gasteiger partial charge is 0.480 e. The van der Waals surface area contributed by atoms with Gasteiger partial charge in [0.2, 0.25) is 0 Å². The fourth-order valence-electron chi connectivity index (χ4n) is 1.32. The van der Waals surface area contributed by atoms with Crippen LogP contribution in [0.5, 0.6) is 0 Å². The van der Waals surface area contributed by atoms with Gasteiger partial charge in [-0.2, -0.15) is 0 Å². The van der Waals surface area contributed by atoms with Gasteiger partial charge in [0.05, 0.1) is 6.33 Å². The van der Waals surface area contributed by atoms with Crippen molar-refractivity contribution in [3.05, 3.63) is 18.2 Å². The Hall–Kier alpha value is -1.89. The third kappa shape index (κ3) is 3.56. The second-order valence-corrected chi connectivity index (χ2v) is 3.56. The minimum Gasteiger partial charge on any atom is -0.480 e. The lowest BCUT2D eigenvalue weighted by Crippen LogP contribution is -2.40. The molecule has 0 saturated heterocycles. The lowest BCUT2D eigenvalue weighted by Gasteiger charge is -2.10. The predicted molar refractivity (Wildman–Crippen MR) is 60.5 cm³/mol. The number of carboxylic acid groups (broad SMARTS) is 1. The molecule has 1 rings (SSSR count). The number of carbonyl (C=O) groups is 2. The number of nitrogens with two attached hydrogens (primary N) is 1. The average Bonchev–Trinajstić information content (AvgIpc) is 2.74. The molecule has 4 N–H and O–H groups in total. The first-order valence-electron chi connectivity index (χ1n) is 5.34. The Labute approximate surface area is 98.6 Å². The van der Waals surface area contributed by atoms with Crippen LogP contribution in [0.15, 0.2) is 12.5 Å². The summed E-state index contributed by atoms with van der Waals surface area (Å²) in [6, 6.07) is -0.887. The summed E-state index contributed by atoms with van der Waals surface area (Å²) in [4.78, 5) is 26.3. The topological polar surface area (TPSA) is 110 Å². The summed E-state index contributed by atoms with van der Waals surface area (Å²) in [5.41, 5.74) is 5.55. The molecule has 7 heteroatoms. The van der Waals surface area contributed by atoms with Crippen LogP contribution in [0, 0.1) is 0 Å². The molecule has 17 heavy (non-hydrogen) atoms. The van der Waals surface area contributed by atoms with E-state index >= 15 is 0 Å². The summed E-state index contributed by atoms with van der Waals surface area (Å²) >= 11 is 0. The van der Waals surface area contributed by atoms with Gasteiger partial charge in [-0.05, 0) is 6.42 Å². The van der Waals surface area contributed by atoms with E-state index in [1.165, 1.54) is 12.5 Å². The van der Waals surface area contributed by atoms with Crippen LogP contribution in [0.1, 0.15) is 23.8 Å². The van der Waals surface area contributed by atoms with Gasteiger partial charge in [0.25, 0.3) is 5.91 Å². The monoisotopic (exact) mass is 240 g/mol. The van der Waals surface area contributed by atoms with E-state index in [0.29, 0.717) is 19.5 Å². The Morgan fingerprint density at radius 3 is 2.88 bits per heavy atom. The Balaban J connectivity index is 2.65. The van der Waals surface area contributed by atoms with Gasteiger partial charge in [-0.1, -0.05) is 6.92 Å². The van der Waals surface area contributed by atoms with Crippen LogP contribution < -0.4 is 11.1 Å². The molecular weight excluding hydrogens is 224 g/mol. The van der Waals surface area contributed by atoms with Crippen LogP contribution in [0.4, 0.5) is 0 Å². The van der Waals surface area contributed by atoms with Crippen molar-refractivity contribution in [2.75, 3.05) is 6.54 Å². The number of aromatic nitrogens is 2. The van der Waals surface area contributed by atoms with Gasteiger partial charge < -0.3 is 20.7 Å². The van der Waals surface area contributed by atoms with E-state index in [4.69, 9.17) is 10.8 Å². The highest BCUT2D eigenvalue weighted by molar-refractivity contribution is 5.94. The molecule has 1 atom stereocenters. The number of carbonyl (C=O) groups excluding carboxylic acids is 1. The van der Waals surface area contributed by atoms with Crippen LogP contribution >= 0.6 is 0 Å². The van der Waals surface area contributed by atoms with Crippen LogP contribution in [-0.2, 0) is 11.3 Å². The van der Waals surface area contributed by atoms with Crippen LogP contribution in [0.2, 0.25) is 0 Å².